The highest BCUT2D eigenvalue weighted by molar-refractivity contribution is 6.30. The van der Waals surface area contributed by atoms with E-state index >= 15 is 0 Å². The van der Waals surface area contributed by atoms with Crippen molar-refractivity contribution in [2.45, 2.75) is 53.5 Å². The van der Waals surface area contributed by atoms with Crippen LogP contribution >= 0.6 is 11.6 Å². The van der Waals surface area contributed by atoms with E-state index in [9.17, 15) is 14.4 Å². The van der Waals surface area contributed by atoms with E-state index in [1.807, 2.05) is 13.8 Å². The van der Waals surface area contributed by atoms with Crippen LogP contribution in [0.3, 0.4) is 0 Å². The van der Waals surface area contributed by atoms with Gasteiger partial charge >= 0.3 is 17.3 Å². The third kappa shape index (κ3) is 6.98. The number of carbonyl (C=O) groups is 1. The molecule has 0 radical (unpaired) electrons. The first kappa shape index (κ1) is 29.7. The Morgan fingerprint density at radius 3 is 2.31 bits per heavy atom. The Morgan fingerprint density at radius 1 is 1.05 bits per heavy atom. The zero-order chi connectivity index (χ0) is 28.9. The highest BCUT2D eigenvalue weighted by Crippen LogP contribution is 2.26. The van der Waals surface area contributed by atoms with Crippen LogP contribution in [0.2, 0.25) is 5.02 Å². The van der Waals surface area contributed by atoms with Gasteiger partial charge < -0.3 is 20.1 Å². The highest BCUT2D eigenvalue weighted by atomic mass is 35.5. The average molecular weight is 560 g/mol. The molecule has 0 aliphatic heterocycles. The Morgan fingerprint density at radius 2 is 1.72 bits per heavy atom. The number of carbonyl (C=O) groups excluding carboxylic acids is 1. The minimum Gasteiger partial charge on any atom is -0.491 e. The fourth-order valence-corrected chi connectivity index (χ4v) is 4.07. The van der Waals surface area contributed by atoms with Crippen LogP contribution in [0.15, 0.2) is 57.0 Å². The standard InChI is InChI=1S/C27H34ClN5O6/c1-17(2)39-22-12-11-21(13-19(22)15-37-5)30-24-31(14-18-7-9-20(28)10-8-18)25(35)32(26(36)33(24)29)16-27(3,4)23(34)38-6/h7-13,17H,14-16,29H2,1-6H3/b30-24-. The summed E-state index contributed by atoms with van der Waals surface area (Å²) < 4.78 is 19.0. The average Bonchev–Trinajstić information content (AvgIpc) is 2.89. The minimum atomic E-state index is -1.18. The number of hydrogen-bond acceptors (Lipinski definition) is 8. The van der Waals surface area contributed by atoms with Gasteiger partial charge in [-0.2, -0.15) is 4.68 Å². The summed E-state index contributed by atoms with van der Waals surface area (Å²) in [5, 5.41) is 0.532. The summed E-state index contributed by atoms with van der Waals surface area (Å²) in [5.41, 5.74) is -0.916. The lowest BCUT2D eigenvalue weighted by molar-refractivity contribution is -0.151. The van der Waals surface area contributed by atoms with Crippen LogP contribution in [0.4, 0.5) is 5.69 Å². The number of halogens is 1. The third-order valence-corrected chi connectivity index (χ3v) is 6.09. The second-order valence-electron chi connectivity index (χ2n) is 9.91. The Bertz CT molecular complexity index is 1520. The lowest BCUT2D eigenvalue weighted by Crippen LogP contribution is -2.58. The third-order valence-electron chi connectivity index (χ3n) is 5.84. The van der Waals surface area contributed by atoms with Crippen LogP contribution < -0.4 is 27.6 Å². The molecule has 11 nitrogen and oxygen atoms in total. The molecule has 210 valence electrons. The van der Waals surface area contributed by atoms with Gasteiger partial charge in [-0.05, 0) is 63.6 Å². The van der Waals surface area contributed by atoms with E-state index in [1.165, 1.54) is 11.7 Å². The molecule has 1 heterocycles. The zero-order valence-electron chi connectivity index (χ0n) is 22.9. The quantitative estimate of drug-likeness (QED) is 0.298. The molecule has 0 aliphatic rings. The summed E-state index contributed by atoms with van der Waals surface area (Å²) in [7, 11) is 2.81. The maximum atomic E-state index is 13.7. The van der Waals surface area contributed by atoms with Crippen LogP contribution in [0, 0.1) is 5.41 Å². The van der Waals surface area contributed by atoms with Gasteiger partial charge in [0.1, 0.15) is 5.75 Å². The number of rotatable bonds is 10. The van der Waals surface area contributed by atoms with Crippen molar-refractivity contribution in [3.05, 3.63) is 85.2 Å². The number of nitrogens with zero attached hydrogens (tertiary/aromatic N) is 4. The normalized spacial score (nSPS) is 12.2. The molecule has 0 aliphatic carbocycles. The smallest absolute Gasteiger partial charge is 0.353 e. The van der Waals surface area contributed by atoms with E-state index in [0.29, 0.717) is 16.5 Å². The van der Waals surface area contributed by atoms with Crippen molar-refractivity contribution in [2.75, 3.05) is 20.1 Å². The van der Waals surface area contributed by atoms with Crippen LogP contribution in [-0.4, -0.2) is 40.1 Å². The number of nitrogen functional groups attached to an aromatic ring is 1. The first-order chi connectivity index (χ1) is 18.4. The molecule has 1 aromatic heterocycles. The van der Waals surface area contributed by atoms with Gasteiger partial charge in [-0.25, -0.2) is 19.1 Å². The first-order valence-electron chi connectivity index (χ1n) is 12.3. The minimum absolute atomic E-state index is 0.0322. The van der Waals surface area contributed by atoms with Crippen LogP contribution in [0.1, 0.15) is 38.8 Å². The van der Waals surface area contributed by atoms with Crippen molar-refractivity contribution in [1.29, 1.82) is 0 Å². The molecule has 2 aromatic carbocycles. The van der Waals surface area contributed by atoms with Gasteiger partial charge in [-0.1, -0.05) is 23.7 Å². The molecule has 0 saturated heterocycles. The maximum absolute atomic E-state index is 13.7. The Kier molecular flexibility index (Phi) is 9.41. The van der Waals surface area contributed by atoms with Crippen LogP contribution in [0.25, 0.3) is 0 Å². The predicted octanol–water partition coefficient (Wildman–Crippen LogP) is 2.59. The fraction of sp³-hybridized carbons (Fsp3) is 0.407. The summed E-state index contributed by atoms with van der Waals surface area (Å²) in [6.07, 6.45) is -0.0546. The lowest BCUT2D eigenvalue weighted by atomic mass is 9.94. The molecule has 12 heteroatoms. The van der Waals surface area contributed by atoms with E-state index in [-0.39, 0.29) is 31.4 Å². The first-order valence-corrected chi connectivity index (χ1v) is 12.6. The van der Waals surface area contributed by atoms with Gasteiger partial charge in [-0.3, -0.25) is 9.36 Å². The van der Waals surface area contributed by atoms with E-state index in [2.05, 4.69) is 4.99 Å². The predicted molar refractivity (Wildman–Crippen MR) is 148 cm³/mol. The van der Waals surface area contributed by atoms with Crippen LogP contribution in [-0.2, 0) is 34.0 Å². The molecule has 39 heavy (non-hydrogen) atoms. The number of aromatic nitrogens is 3. The van der Waals surface area contributed by atoms with E-state index in [1.54, 1.807) is 63.4 Å². The Labute approximate surface area is 231 Å². The van der Waals surface area contributed by atoms with Gasteiger partial charge in [0, 0.05) is 24.2 Å². The zero-order valence-corrected chi connectivity index (χ0v) is 23.7. The lowest BCUT2D eigenvalue weighted by Gasteiger charge is -2.23. The van der Waals surface area contributed by atoms with Crippen molar-refractivity contribution in [3.8, 4) is 5.75 Å². The molecule has 3 rings (SSSR count). The number of esters is 1. The number of nitrogens with two attached hydrogens (primary N) is 1. The summed E-state index contributed by atoms with van der Waals surface area (Å²) in [6.45, 7) is 7.02. The molecule has 2 N–H and O–H groups in total. The van der Waals surface area contributed by atoms with Crippen molar-refractivity contribution in [2.24, 2.45) is 10.4 Å². The molecular weight excluding hydrogens is 526 g/mol. The molecule has 0 unspecified atom stereocenters. The number of ether oxygens (including phenoxy) is 3. The Hall–Kier alpha value is -3.83. The monoisotopic (exact) mass is 559 g/mol. The fourth-order valence-electron chi connectivity index (χ4n) is 3.94. The van der Waals surface area contributed by atoms with E-state index in [0.717, 1.165) is 20.4 Å². The summed E-state index contributed by atoms with van der Waals surface area (Å²) in [5.74, 6) is 6.29. The van der Waals surface area contributed by atoms with Crippen molar-refractivity contribution < 1.29 is 19.0 Å². The number of benzene rings is 2. The molecule has 0 bridgehead atoms. The second-order valence-corrected chi connectivity index (χ2v) is 10.3. The number of methoxy groups -OCH3 is 2. The van der Waals surface area contributed by atoms with Crippen molar-refractivity contribution in [3.63, 3.8) is 0 Å². The largest absolute Gasteiger partial charge is 0.491 e. The summed E-state index contributed by atoms with van der Waals surface area (Å²) in [6, 6.07) is 12.1. The van der Waals surface area contributed by atoms with Gasteiger partial charge in [0.15, 0.2) is 0 Å². The SMILES string of the molecule is COCc1cc(/N=c2\n(N)c(=O)n(CC(C)(C)C(=O)OC)c(=O)n2Cc2ccc(Cl)cc2)ccc1OC(C)C. The van der Waals surface area contributed by atoms with Gasteiger partial charge in [-0.15, -0.1) is 0 Å². The maximum Gasteiger partial charge on any atom is 0.353 e. The topological polar surface area (TPSA) is 132 Å². The highest BCUT2D eigenvalue weighted by Gasteiger charge is 2.31. The molecule has 0 saturated carbocycles. The second kappa shape index (κ2) is 12.4. The van der Waals surface area contributed by atoms with Crippen molar-refractivity contribution in [1.82, 2.24) is 13.8 Å². The van der Waals surface area contributed by atoms with E-state index in [4.69, 9.17) is 31.7 Å². The number of hydrogen-bond donors (Lipinski definition) is 1. The van der Waals surface area contributed by atoms with Gasteiger partial charge in [0.2, 0.25) is 5.62 Å². The summed E-state index contributed by atoms with van der Waals surface area (Å²) >= 11 is 6.04. The summed E-state index contributed by atoms with van der Waals surface area (Å²) in [4.78, 5) is 43.9. The molecule has 0 fully saturated rings. The molecular formula is C27H34ClN5O6. The molecule has 0 amide bonds. The molecule has 0 atom stereocenters. The van der Waals surface area contributed by atoms with Crippen LogP contribution in [0.5, 0.6) is 5.75 Å². The van der Waals surface area contributed by atoms with Gasteiger partial charge in [0.25, 0.3) is 0 Å². The van der Waals surface area contributed by atoms with E-state index < -0.39 is 22.8 Å². The Balaban J connectivity index is 2.28. The van der Waals surface area contributed by atoms with Gasteiger partial charge in [0.05, 0.1) is 37.5 Å². The van der Waals surface area contributed by atoms with Crippen molar-refractivity contribution >= 4 is 23.3 Å². The molecule has 0 spiro atoms. The molecule has 3 aromatic rings.